The van der Waals surface area contributed by atoms with Gasteiger partial charge in [0.25, 0.3) is 0 Å². The molecule has 0 saturated carbocycles. The number of unbranched alkanes of at least 4 members (excludes halogenated alkanes) is 9. The second-order valence-electron chi connectivity index (χ2n) is 5.61. The fourth-order valence-corrected chi connectivity index (χ4v) is 3.40. The van der Waals surface area contributed by atoms with E-state index < -0.39 is 0 Å². The molecule has 1 rings (SSSR count). The van der Waals surface area contributed by atoms with Gasteiger partial charge in [0.1, 0.15) is 13.1 Å². The smallest absolute Gasteiger partial charge is 0.265 e. The number of thioether (sulfide) groups is 1. The minimum atomic E-state index is 1.13. The third-order valence-electron chi connectivity index (χ3n) is 3.92. The van der Waals surface area contributed by atoms with Crippen LogP contribution in [0.1, 0.15) is 71.1 Å². The Morgan fingerprint density at radius 3 is 2.11 bits per heavy atom. The third kappa shape index (κ3) is 7.86. The van der Waals surface area contributed by atoms with Gasteiger partial charge in [-0.05, 0) is 30.9 Å². The first-order valence-corrected chi connectivity index (χ1v) is 9.50. The Morgan fingerprint density at radius 1 is 0.947 bits per heavy atom. The third-order valence-corrected chi connectivity index (χ3v) is 4.71. The summed E-state index contributed by atoms with van der Waals surface area (Å²) in [6.07, 6.45) is 16.4. The van der Waals surface area contributed by atoms with Gasteiger partial charge < -0.3 is 0 Å². The fraction of sp³-hybridized carbons (Fsp3) is 0.938. The van der Waals surface area contributed by atoms with E-state index in [-0.39, 0.29) is 0 Å². The van der Waals surface area contributed by atoms with Crippen LogP contribution in [0.25, 0.3) is 0 Å². The standard InChI is InChI=1S/C16H32N2S/c1-3-4-5-6-7-8-9-10-11-12-14-18-15-13-17-16(18)19-2/h3-15H2,1-2H3/p+1. The van der Waals surface area contributed by atoms with Gasteiger partial charge in [-0.25, -0.2) is 0 Å². The molecule has 0 aromatic heterocycles. The minimum absolute atomic E-state index is 1.13. The minimum Gasteiger partial charge on any atom is -0.265 e. The molecule has 0 radical (unpaired) electrons. The van der Waals surface area contributed by atoms with E-state index >= 15 is 0 Å². The molecule has 0 aromatic rings. The normalized spacial score (nSPS) is 15.1. The molecule has 0 bridgehead atoms. The van der Waals surface area contributed by atoms with Crippen LogP contribution in [0.5, 0.6) is 0 Å². The van der Waals surface area contributed by atoms with Crippen LogP contribution in [0, 0.1) is 0 Å². The number of hydrogen-bond acceptors (Lipinski definition) is 2. The van der Waals surface area contributed by atoms with Crippen molar-refractivity contribution in [3.8, 4) is 0 Å². The van der Waals surface area contributed by atoms with E-state index in [2.05, 4.69) is 23.1 Å². The van der Waals surface area contributed by atoms with Crippen LogP contribution in [0.4, 0.5) is 0 Å². The molecule has 2 nitrogen and oxygen atoms in total. The van der Waals surface area contributed by atoms with Crippen molar-refractivity contribution >= 4 is 16.9 Å². The van der Waals surface area contributed by atoms with Gasteiger partial charge in [0.2, 0.25) is 0 Å². The van der Waals surface area contributed by atoms with Crippen LogP contribution in [-0.2, 0) is 0 Å². The molecule has 0 saturated heterocycles. The van der Waals surface area contributed by atoms with Crippen molar-refractivity contribution in [2.45, 2.75) is 71.1 Å². The van der Waals surface area contributed by atoms with Crippen LogP contribution in [0.3, 0.4) is 0 Å². The predicted octanol–water partition coefficient (Wildman–Crippen LogP) is 4.24. The van der Waals surface area contributed by atoms with Gasteiger partial charge in [-0.3, -0.25) is 9.89 Å². The number of hydrogen-bond donors (Lipinski definition) is 1. The van der Waals surface area contributed by atoms with Crippen LogP contribution in [0.15, 0.2) is 0 Å². The molecule has 1 heterocycles. The summed E-state index contributed by atoms with van der Waals surface area (Å²) in [5.41, 5.74) is 0. The molecule has 3 heteroatoms. The highest BCUT2D eigenvalue weighted by molar-refractivity contribution is 8.13. The number of nitrogens with one attached hydrogen (secondary N) is 1. The molecule has 1 N–H and O–H groups in total. The van der Waals surface area contributed by atoms with Crippen LogP contribution in [0.2, 0.25) is 0 Å². The molecule has 19 heavy (non-hydrogen) atoms. The summed E-state index contributed by atoms with van der Waals surface area (Å²) in [6.45, 7) is 5.87. The number of rotatable bonds is 11. The predicted molar refractivity (Wildman–Crippen MR) is 88.4 cm³/mol. The fourth-order valence-electron chi connectivity index (χ4n) is 2.72. The first kappa shape index (κ1) is 16.9. The summed E-state index contributed by atoms with van der Waals surface area (Å²) in [6, 6.07) is 0. The highest BCUT2D eigenvalue weighted by atomic mass is 32.2. The average Bonchev–Trinajstić information content (AvgIpc) is 2.88. The number of amidine groups is 1. The zero-order chi connectivity index (χ0) is 13.8. The van der Waals surface area contributed by atoms with Crippen molar-refractivity contribution in [1.29, 1.82) is 0 Å². The molecule has 1 aliphatic heterocycles. The molecular formula is C16H33N2S+. The lowest BCUT2D eigenvalue weighted by Gasteiger charge is -2.03. The Morgan fingerprint density at radius 2 is 1.53 bits per heavy atom. The molecule has 0 unspecified atom stereocenters. The van der Waals surface area contributed by atoms with Gasteiger partial charge >= 0.3 is 5.17 Å². The Hall–Kier alpha value is -0.180. The highest BCUT2D eigenvalue weighted by Crippen LogP contribution is 2.11. The molecule has 0 spiro atoms. The van der Waals surface area contributed by atoms with Crippen LogP contribution in [-0.4, -0.2) is 35.6 Å². The van der Waals surface area contributed by atoms with Gasteiger partial charge in [0.15, 0.2) is 0 Å². The first-order valence-electron chi connectivity index (χ1n) is 8.28. The molecule has 0 fully saturated rings. The lowest BCUT2D eigenvalue weighted by molar-refractivity contribution is -0.516. The van der Waals surface area contributed by atoms with Gasteiger partial charge in [0, 0.05) is 0 Å². The van der Waals surface area contributed by atoms with E-state index in [4.69, 9.17) is 0 Å². The SMILES string of the molecule is CCCCCCCCCCCC[N+]1=C(SC)NCC1. The molecule has 0 amide bonds. The maximum atomic E-state index is 3.45. The zero-order valence-electron chi connectivity index (χ0n) is 13.0. The summed E-state index contributed by atoms with van der Waals surface area (Å²) < 4.78 is 2.51. The van der Waals surface area contributed by atoms with Gasteiger partial charge in [-0.15, -0.1) is 0 Å². The molecular weight excluding hydrogens is 252 g/mol. The molecule has 0 aliphatic carbocycles. The maximum absolute atomic E-state index is 3.45. The Labute approximate surface area is 124 Å². The highest BCUT2D eigenvalue weighted by Gasteiger charge is 2.18. The van der Waals surface area contributed by atoms with E-state index in [0.717, 1.165) is 6.54 Å². The van der Waals surface area contributed by atoms with Crippen molar-refractivity contribution in [3.05, 3.63) is 0 Å². The largest absolute Gasteiger partial charge is 0.306 e. The molecule has 0 aromatic carbocycles. The average molecular weight is 286 g/mol. The van der Waals surface area contributed by atoms with Crippen molar-refractivity contribution in [2.24, 2.45) is 0 Å². The van der Waals surface area contributed by atoms with Gasteiger partial charge in [0.05, 0.1) is 6.54 Å². The van der Waals surface area contributed by atoms with Crippen molar-refractivity contribution in [1.82, 2.24) is 5.32 Å². The summed E-state index contributed by atoms with van der Waals surface area (Å²) in [7, 11) is 0. The van der Waals surface area contributed by atoms with Crippen molar-refractivity contribution in [2.75, 3.05) is 25.9 Å². The van der Waals surface area contributed by atoms with Crippen molar-refractivity contribution in [3.63, 3.8) is 0 Å². The van der Waals surface area contributed by atoms with Crippen LogP contribution >= 0.6 is 11.8 Å². The van der Waals surface area contributed by atoms with Gasteiger partial charge in [-0.1, -0.05) is 58.3 Å². The topological polar surface area (TPSA) is 15.0 Å². The number of nitrogens with zero attached hydrogens (tertiary/aromatic N) is 1. The van der Waals surface area contributed by atoms with Crippen molar-refractivity contribution < 1.29 is 4.58 Å². The van der Waals surface area contributed by atoms with E-state index in [0.29, 0.717) is 0 Å². The Kier molecular flexibility index (Phi) is 10.3. The quantitative estimate of drug-likeness (QED) is 0.451. The Balaban J connectivity index is 1.86. The maximum Gasteiger partial charge on any atom is 0.306 e. The van der Waals surface area contributed by atoms with Crippen LogP contribution < -0.4 is 5.32 Å². The molecule has 1 aliphatic rings. The Bertz CT molecular complexity index is 251. The van der Waals surface area contributed by atoms with E-state index in [1.165, 1.54) is 82.5 Å². The summed E-state index contributed by atoms with van der Waals surface area (Å²) in [5.74, 6) is 0. The van der Waals surface area contributed by atoms with E-state index in [9.17, 15) is 0 Å². The first-order chi connectivity index (χ1) is 9.38. The summed E-state index contributed by atoms with van der Waals surface area (Å²) >= 11 is 1.85. The monoisotopic (exact) mass is 285 g/mol. The van der Waals surface area contributed by atoms with E-state index in [1.807, 2.05) is 11.8 Å². The molecule has 0 atom stereocenters. The lowest BCUT2D eigenvalue weighted by atomic mass is 10.1. The molecule has 112 valence electrons. The summed E-state index contributed by atoms with van der Waals surface area (Å²) in [5, 5.41) is 4.83. The second-order valence-corrected chi connectivity index (χ2v) is 6.40. The van der Waals surface area contributed by atoms with E-state index in [1.54, 1.807) is 0 Å². The lowest BCUT2D eigenvalue weighted by Crippen LogP contribution is -2.19. The van der Waals surface area contributed by atoms with Gasteiger partial charge in [-0.2, -0.15) is 0 Å². The summed E-state index contributed by atoms with van der Waals surface area (Å²) in [4.78, 5) is 0. The zero-order valence-corrected chi connectivity index (χ0v) is 13.9. The second kappa shape index (κ2) is 11.6.